The van der Waals surface area contributed by atoms with Crippen molar-refractivity contribution in [2.24, 2.45) is 0 Å². The largest absolute Gasteiger partial charge is 0.438 e. The molecular formula is C28H36FN3O4. The lowest BCUT2D eigenvalue weighted by Crippen LogP contribution is -2.39. The van der Waals surface area contributed by atoms with Gasteiger partial charge in [-0.05, 0) is 57.9 Å². The molecule has 1 aliphatic rings. The quantitative estimate of drug-likeness (QED) is 0.385. The average molecular weight is 498 g/mol. The van der Waals surface area contributed by atoms with E-state index in [9.17, 15) is 9.50 Å². The molecule has 0 radical (unpaired) electrons. The van der Waals surface area contributed by atoms with Crippen molar-refractivity contribution < 1.29 is 23.7 Å². The van der Waals surface area contributed by atoms with E-state index in [2.05, 4.69) is 4.90 Å². The van der Waals surface area contributed by atoms with Crippen molar-refractivity contribution in [1.82, 2.24) is 14.7 Å². The number of aliphatic hydroxyl groups excluding tert-OH is 1. The number of rotatable bonds is 12. The van der Waals surface area contributed by atoms with E-state index >= 15 is 0 Å². The Morgan fingerprint density at radius 3 is 2.69 bits per heavy atom. The van der Waals surface area contributed by atoms with Crippen molar-refractivity contribution >= 4 is 0 Å². The Morgan fingerprint density at radius 2 is 2.00 bits per heavy atom. The van der Waals surface area contributed by atoms with Crippen LogP contribution >= 0.6 is 0 Å². The van der Waals surface area contributed by atoms with E-state index in [4.69, 9.17) is 19.3 Å². The first-order chi connectivity index (χ1) is 17.4. The number of aromatic nitrogens is 2. The normalized spacial score (nSPS) is 16.7. The molecule has 3 aromatic rings. The van der Waals surface area contributed by atoms with Gasteiger partial charge < -0.3 is 19.3 Å². The van der Waals surface area contributed by atoms with Crippen molar-refractivity contribution in [2.45, 2.75) is 58.5 Å². The summed E-state index contributed by atoms with van der Waals surface area (Å²) in [4.78, 5) is 2.17. The van der Waals surface area contributed by atoms with Crippen molar-refractivity contribution in [3.8, 4) is 17.3 Å². The molecule has 36 heavy (non-hydrogen) atoms. The Morgan fingerprint density at radius 1 is 1.19 bits per heavy atom. The molecule has 1 N–H and O–H groups in total. The first-order valence-corrected chi connectivity index (χ1v) is 12.6. The Kier molecular flexibility index (Phi) is 9.09. The maximum Gasteiger partial charge on any atom is 0.227 e. The van der Waals surface area contributed by atoms with E-state index in [1.54, 1.807) is 16.8 Å². The molecule has 0 aliphatic carbocycles. The van der Waals surface area contributed by atoms with Crippen LogP contribution in [0.1, 0.15) is 37.9 Å². The second kappa shape index (κ2) is 12.5. The highest BCUT2D eigenvalue weighted by molar-refractivity contribution is 5.43. The van der Waals surface area contributed by atoms with Crippen molar-refractivity contribution in [1.29, 1.82) is 0 Å². The predicted molar refractivity (Wildman–Crippen MR) is 136 cm³/mol. The molecule has 2 atom stereocenters. The zero-order valence-electron chi connectivity index (χ0n) is 21.3. The topological polar surface area (TPSA) is 69.0 Å². The van der Waals surface area contributed by atoms with Gasteiger partial charge in [0.15, 0.2) is 0 Å². The van der Waals surface area contributed by atoms with E-state index in [1.165, 1.54) is 12.1 Å². The summed E-state index contributed by atoms with van der Waals surface area (Å²) >= 11 is 0. The molecule has 7 nitrogen and oxygen atoms in total. The third kappa shape index (κ3) is 7.13. The highest BCUT2D eigenvalue weighted by Crippen LogP contribution is 2.32. The number of hydrogen-bond acceptors (Lipinski definition) is 6. The second-order valence-electron chi connectivity index (χ2n) is 9.54. The molecule has 0 bridgehead atoms. The molecule has 8 heteroatoms. The fourth-order valence-corrected chi connectivity index (χ4v) is 4.37. The van der Waals surface area contributed by atoms with Gasteiger partial charge in [-0.15, -0.1) is 0 Å². The summed E-state index contributed by atoms with van der Waals surface area (Å²) in [6.07, 6.45) is 1.54. The maximum absolute atomic E-state index is 13.9. The van der Waals surface area contributed by atoms with Crippen LogP contribution in [0.4, 0.5) is 4.39 Å². The van der Waals surface area contributed by atoms with Gasteiger partial charge in [-0.1, -0.05) is 24.3 Å². The Bertz CT molecular complexity index is 1100. The van der Waals surface area contributed by atoms with E-state index in [1.807, 2.05) is 51.1 Å². The molecule has 4 rings (SSSR count). The van der Waals surface area contributed by atoms with Gasteiger partial charge in [-0.25, -0.2) is 9.07 Å². The molecular weight excluding hydrogens is 461 g/mol. The first-order valence-electron chi connectivity index (χ1n) is 12.6. The molecule has 0 spiro atoms. The number of hydrogen-bond donors (Lipinski definition) is 1. The molecule has 2 aromatic carbocycles. The molecule has 0 saturated carbocycles. The highest BCUT2D eigenvalue weighted by Gasteiger charge is 2.26. The zero-order chi connectivity index (χ0) is 25.5. The van der Waals surface area contributed by atoms with Crippen LogP contribution in [0.5, 0.6) is 11.6 Å². The van der Waals surface area contributed by atoms with Crippen LogP contribution in [0.2, 0.25) is 0 Å². The van der Waals surface area contributed by atoms with Gasteiger partial charge >= 0.3 is 0 Å². The number of para-hydroxylation sites is 1. The summed E-state index contributed by atoms with van der Waals surface area (Å²) in [5.74, 6) is 0.545. The molecule has 1 aliphatic heterocycles. The number of halogens is 1. The summed E-state index contributed by atoms with van der Waals surface area (Å²) in [6.45, 7) is 8.45. The minimum atomic E-state index is -0.647. The lowest BCUT2D eigenvalue weighted by Gasteiger charge is -2.28. The van der Waals surface area contributed by atoms with Gasteiger partial charge in [0.05, 0.1) is 41.9 Å². The number of aliphatic hydroxyl groups is 1. The predicted octanol–water partition coefficient (Wildman–Crippen LogP) is 4.88. The van der Waals surface area contributed by atoms with Crippen LogP contribution in [0.15, 0.2) is 54.6 Å². The van der Waals surface area contributed by atoms with Gasteiger partial charge in [0.25, 0.3) is 0 Å². The monoisotopic (exact) mass is 497 g/mol. The van der Waals surface area contributed by atoms with Crippen LogP contribution in [-0.2, 0) is 16.0 Å². The number of aryl methyl sites for hydroxylation is 1. The summed E-state index contributed by atoms with van der Waals surface area (Å²) < 4.78 is 33.5. The smallest absolute Gasteiger partial charge is 0.227 e. The minimum absolute atomic E-state index is 0.0453. The van der Waals surface area contributed by atoms with Gasteiger partial charge in [-0.2, -0.15) is 5.10 Å². The highest BCUT2D eigenvalue weighted by atomic mass is 19.1. The Balaban J connectivity index is 1.65. The fraction of sp³-hybridized carbons (Fsp3) is 0.464. The van der Waals surface area contributed by atoms with Crippen molar-refractivity contribution in [2.75, 3.05) is 26.3 Å². The summed E-state index contributed by atoms with van der Waals surface area (Å²) in [6, 6.07) is 15.8. The number of nitrogens with zero attached hydrogens (tertiary/aromatic N) is 3. The third-order valence-electron chi connectivity index (χ3n) is 6.11. The Hall–Kier alpha value is -2.78. The lowest BCUT2D eigenvalue weighted by molar-refractivity contribution is -0.0173. The summed E-state index contributed by atoms with van der Waals surface area (Å²) in [5, 5.41) is 15.5. The summed E-state index contributed by atoms with van der Waals surface area (Å²) in [7, 11) is 0. The van der Waals surface area contributed by atoms with E-state index < -0.39 is 6.10 Å². The average Bonchev–Trinajstić information content (AvgIpc) is 3.47. The van der Waals surface area contributed by atoms with E-state index in [0.29, 0.717) is 31.3 Å². The molecule has 1 saturated heterocycles. The lowest BCUT2D eigenvalue weighted by atomic mass is 10.1. The second-order valence-corrected chi connectivity index (χ2v) is 9.54. The summed E-state index contributed by atoms with van der Waals surface area (Å²) in [5.41, 5.74) is 2.52. The van der Waals surface area contributed by atoms with Crippen molar-refractivity contribution in [3.63, 3.8) is 0 Å². The molecule has 194 valence electrons. The third-order valence-corrected chi connectivity index (χ3v) is 6.11. The van der Waals surface area contributed by atoms with Crippen LogP contribution < -0.4 is 4.74 Å². The number of benzene rings is 2. The molecule has 2 heterocycles. The maximum atomic E-state index is 13.9. The van der Waals surface area contributed by atoms with Gasteiger partial charge in [0.1, 0.15) is 11.6 Å². The van der Waals surface area contributed by atoms with Gasteiger partial charge in [0, 0.05) is 32.3 Å². The number of ether oxygens (including phenoxy) is 3. The first kappa shape index (κ1) is 26.3. The van der Waals surface area contributed by atoms with Crippen LogP contribution in [-0.4, -0.2) is 64.4 Å². The molecule has 1 aromatic heterocycles. The fourth-order valence-electron chi connectivity index (χ4n) is 4.37. The SMILES string of the molecule is Cc1nn(-c2ccccc2)c(Oc2cccc(F)c2)c1CN(C[C@H](O)COC(C)C)C[C@@H]1CCCO1. The standard InChI is InChI=1S/C28H36FN3O4/c1-20(2)35-19-24(33)16-31(17-26-13-8-14-34-26)18-27-21(3)30-32(23-10-5-4-6-11-23)28(27)36-25-12-7-9-22(29)15-25/h4-7,9-12,15,20,24,26,33H,8,13-14,16-19H2,1-3H3/t24-,26-/m0/s1. The van der Waals surface area contributed by atoms with E-state index in [-0.39, 0.29) is 24.6 Å². The van der Waals surface area contributed by atoms with Crippen LogP contribution in [0.25, 0.3) is 5.69 Å². The zero-order valence-corrected chi connectivity index (χ0v) is 21.3. The molecule has 0 amide bonds. The van der Waals surface area contributed by atoms with Crippen LogP contribution in [0.3, 0.4) is 0 Å². The van der Waals surface area contributed by atoms with Crippen molar-refractivity contribution in [3.05, 3.63) is 71.7 Å². The van der Waals surface area contributed by atoms with Crippen LogP contribution in [0, 0.1) is 12.7 Å². The molecule has 0 unspecified atom stereocenters. The van der Waals surface area contributed by atoms with E-state index in [0.717, 1.165) is 36.4 Å². The van der Waals surface area contributed by atoms with Gasteiger partial charge in [-0.3, -0.25) is 4.90 Å². The molecule has 1 fully saturated rings. The van der Waals surface area contributed by atoms with Gasteiger partial charge in [0.2, 0.25) is 5.88 Å². The Labute approximate surface area is 212 Å². The minimum Gasteiger partial charge on any atom is -0.438 e.